The van der Waals surface area contributed by atoms with Crippen LogP contribution in [0, 0.1) is 9.39 Å². The first kappa shape index (κ1) is 14.0. The van der Waals surface area contributed by atoms with Crippen LogP contribution in [0.2, 0.25) is 0 Å². The third-order valence-electron chi connectivity index (χ3n) is 2.83. The van der Waals surface area contributed by atoms with Gasteiger partial charge in [-0.25, -0.2) is 4.39 Å². The fourth-order valence-electron chi connectivity index (χ4n) is 1.79. The Labute approximate surface area is 125 Å². The van der Waals surface area contributed by atoms with E-state index in [1.807, 2.05) is 12.1 Å². The van der Waals surface area contributed by atoms with Crippen LogP contribution in [-0.4, -0.2) is 5.91 Å². The first-order chi connectivity index (χ1) is 9.08. The van der Waals surface area contributed by atoms with Crippen LogP contribution < -0.4 is 5.32 Å². The maximum atomic E-state index is 13.6. The quantitative estimate of drug-likeness (QED) is 0.817. The lowest BCUT2D eigenvalue weighted by Gasteiger charge is -2.15. The summed E-state index contributed by atoms with van der Waals surface area (Å²) < 4.78 is 14.7. The van der Waals surface area contributed by atoms with E-state index < -0.39 is 0 Å². The minimum absolute atomic E-state index is 0.202. The predicted octanol–water partition coefficient (Wildman–Crippen LogP) is 3.92. The van der Waals surface area contributed by atoms with Crippen LogP contribution in [0.25, 0.3) is 0 Å². The standard InChI is InChI=1S/C15H13FINO/c1-10(13-4-2-3-5-14(13)16)18-15(19)11-6-8-12(17)9-7-11/h2-10H,1H3,(H,18,19). The Morgan fingerprint density at radius 1 is 1.16 bits per heavy atom. The van der Waals surface area contributed by atoms with Crippen molar-refractivity contribution in [1.29, 1.82) is 0 Å². The molecule has 4 heteroatoms. The molecule has 1 amide bonds. The van der Waals surface area contributed by atoms with Gasteiger partial charge in [0.2, 0.25) is 0 Å². The number of hydrogen-bond donors (Lipinski definition) is 1. The third-order valence-corrected chi connectivity index (χ3v) is 3.54. The van der Waals surface area contributed by atoms with Gasteiger partial charge in [0.25, 0.3) is 5.91 Å². The van der Waals surface area contributed by atoms with Crippen molar-refractivity contribution < 1.29 is 9.18 Å². The van der Waals surface area contributed by atoms with Crippen LogP contribution in [0.1, 0.15) is 28.9 Å². The van der Waals surface area contributed by atoms with E-state index >= 15 is 0 Å². The van der Waals surface area contributed by atoms with Gasteiger partial charge in [0.15, 0.2) is 0 Å². The van der Waals surface area contributed by atoms with Gasteiger partial charge >= 0.3 is 0 Å². The van der Waals surface area contributed by atoms with Gasteiger partial charge < -0.3 is 5.32 Å². The van der Waals surface area contributed by atoms with Gasteiger partial charge in [-0.15, -0.1) is 0 Å². The molecule has 2 rings (SSSR count). The molecule has 1 unspecified atom stereocenters. The number of halogens is 2. The second kappa shape index (κ2) is 6.14. The van der Waals surface area contributed by atoms with E-state index in [9.17, 15) is 9.18 Å². The number of nitrogens with one attached hydrogen (secondary N) is 1. The lowest BCUT2D eigenvalue weighted by atomic mass is 10.1. The summed E-state index contributed by atoms with van der Waals surface area (Å²) in [6.45, 7) is 1.77. The molecule has 19 heavy (non-hydrogen) atoms. The smallest absolute Gasteiger partial charge is 0.251 e. The molecule has 0 aliphatic heterocycles. The molecule has 0 spiro atoms. The van der Waals surface area contributed by atoms with Crippen molar-refractivity contribution in [3.05, 3.63) is 69.0 Å². The first-order valence-corrected chi connectivity index (χ1v) is 6.96. The average Bonchev–Trinajstić information content (AvgIpc) is 2.39. The van der Waals surface area contributed by atoms with E-state index in [1.165, 1.54) is 6.07 Å². The molecule has 1 N–H and O–H groups in total. The van der Waals surface area contributed by atoms with Crippen molar-refractivity contribution in [1.82, 2.24) is 5.32 Å². The van der Waals surface area contributed by atoms with E-state index in [1.54, 1.807) is 37.3 Å². The first-order valence-electron chi connectivity index (χ1n) is 5.89. The Hall–Kier alpha value is -1.43. The largest absolute Gasteiger partial charge is 0.345 e. The molecule has 0 saturated carbocycles. The number of amides is 1. The number of carbonyl (C=O) groups excluding carboxylic acids is 1. The average molecular weight is 369 g/mol. The summed E-state index contributed by atoms with van der Waals surface area (Å²) in [5, 5.41) is 2.79. The lowest BCUT2D eigenvalue weighted by molar-refractivity contribution is 0.0939. The van der Waals surface area contributed by atoms with Crippen molar-refractivity contribution in [3.8, 4) is 0 Å². The topological polar surface area (TPSA) is 29.1 Å². The molecule has 2 aromatic rings. The molecule has 98 valence electrons. The van der Waals surface area contributed by atoms with Crippen molar-refractivity contribution in [2.24, 2.45) is 0 Å². The third kappa shape index (κ3) is 3.53. The highest BCUT2D eigenvalue weighted by molar-refractivity contribution is 14.1. The van der Waals surface area contributed by atoms with Gasteiger partial charge in [0, 0.05) is 14.7 Å². The second-order valence-electron chi connectivity index (χ2n) is 4.22. The van der Waals surface area contributed by atoms with Crippen molar-refractivity contribution >= 4 is 28.5 Å². The summed E-state index contributed by atoms with van der Waals surface area (Å²) in [6.07, 6.45) is 0. The Morgan fingerprint density at radius 3 is 2.42 bits per heavy atom. The number of carbonyl (C=O) groups is 1. The van der Waals surface area contributed by atoms with Gasteiger partial charge in [-0.2, -0.15) is 0 Å². The van der Waals surface area contributed by atoms with Crippen molar-refractivity contribution in [2.75, 3.05) is 0 Å². The minimum Gasteiger partial charge on any atom is -0.345 e. The molecule has 0 radical (unpaired) electrons. The van der Waals surface area contributed by atoms with E-state index in [-0.39, 0.29) is 17.8 Å². The number of benzene rings is 2. The zero-order valence-electron chi connectivity index (χ0n) is 10.4. The van der Waals surface area contributed by atoms with Crippen LogP contribution in [-0.2, 0) is 0 Å². The second-order valence-corrected chi connectivity index (χ2v) is 5.47. The molecule has 0 saturated heterocycles. The van der Waals surface area contributed by atoms with E-state index in [0.29, 0.717) is 11.1 Å². The minimum atomic E-state index is -0.368. The highest BCUT2D eigenvalue weighted by Crippen LogP contribution is 2.17. The van der Waals surface area contributed by atoms with Crippen LogP contribution in [0.5, 0.6) is 0 Å². The van der Waals surface area contributed by atoms with Gasteiger partial charge in [-0.05, 0) is 59.8 Å². The van der Waals surface area contributed by atoms with Crippen LogP contribution in [0.15, 0.2) is 48.5 Å². The SMILES string of the molecule is CC(NC(=O)c1ccc(I)cc1)c1ccccc1F. The summed E-state index contributed by atoms with van der Waals surface area (Å²) in [5.74, 6) is -0.509. The van der Waals surface area contributed by atoms with Gasteiger partial charge in [-0.3, -0.25) is 4.79 Å². The monoisotopic (exact) mass is 369 g/mol. The zero-order valence-corrected chi connectivity index (χ0v) is 12.5. The molecule has 2 nitrogen and oxygen atoms in total. The Kier molecular flexibility index (Phi) is 4.52. The molecular formula is C15H13FINO. The lowest BCUT2D eigenvalue weighted by Crippen LogP contribution is -2.27. The molecule has 2 aromatic carbocycles. The molecule has 0 fully saturated rings. The van der Waals surface area contributed by atoms with Gasteiger partial charge in [0.1, 0.15) is 5.82 Å². The molecule has 0 aromatic heterocycles. The predicted molar refractivity (Wildman–Crippen MR) is 81.4 cm³/mol. The zero-order chi connectivity index (χ0) is 13.8. The summed E-state index contributed by atoms with van der Waals surface area (Å²) in [7, 11) is 0. The maximum Gasteiger partial charge on any atom is 0.251 e. The highest BCUT2D eigenvalue weighted by atomic mass is 127. The van der Waals surface area contributed by atoms with Crippen LogP contribution in [0.4, 0.5) is 4.39 Å². The number of rotatable bonds is 3. The summed E-state index contributed by atoms with van der Waals surface area (Å²) in [4.78, 5) is 12.0. The normalized spacial score (nSPS) is 11.9. The number of hydrogen-bond acceptors (Lipinski definition) is 1. The maximum absolute atomic E-state index is 13.6. The van der Waals surface area contributed by atoms with E-state index in [2.05, 4.69) is 27.9 Å². The Balaban J connectivity index is 2.11. The molecule has 0 heterocycles. The molecule has 1 atom stereocenters. The van der Waals surface area contributed by atoms with E-state index in [0.717, 1.165) is 3.57 Å². The summed E-state index contributed by atoms with van der Waals surface area (Å²) in [6, 6.07) is 13.3. The fraction of sp³-hybridized carbons (Fsp3) is 0.133. The highest BCUT2D eigenvalue weighted by Gasteiger charge is 2.14. The van der Waals surface area contributed by atoms with Crippen LogP contribution in [0.3, 0.4) is 0 Å². The van der Waals surface area contributed by atoms with Gasteiger partial charge in [0.05, 0.1) is 6.04 Å². The van der Waals surface area contributed by atoms with E-state index in [4.69, 9.17) is 0 Å². The van der Waals surface area contributed by atoms with Gasteiger partial charge in [-0.1, -0.05) is 18.2 Å². The summed E-state index contributed by atoms with van der Waals surface area (Å²) in [5.41, 5.74) is 1.06. The molecule has 0 aliphatic carbocycles. The Bertz CT molecular complexity index is 583. The van der Waals surface area contributed by atoms with Crippen LogP contribution >= 0.6 is 22.6 Å². The molecule has 0 bridgehead atoms. The molecular weight excluding hydrogens is 356 g/mol. The van der Waals surface area contributed by atoms with Crippen molar-refractivity contribution in [2.45, 2.75) is 13.0 Å². The molecule has 0 aliphatic rings. The Morgan fingerprint density at radius 2 is 1.79 bits per heavy atom. The fourth-order valence-corrected chi connectivity index (χ4v) is 2.14. The van der Waals surface area contributed by atoms with Crippen molar-refractivity contribution in [3.63, 3.8) is 0 Å². The summed E-state index contributed by atoms with van der Waals surface area (Å²) >= 11 is 2.18.